The molecule has 1 aromatic heterocycles. The molecule has 0 atom stereocenters. The van der Waals surface area contributed by atoms with Crippen molar-refractivity contribution in [3.8, 4) is 0 Å². The maximum Gasteiger partial charge on any atom is 0.328 e. The van der Waals surface area contributed by atoms with Crippen LogP contribution in [-0.4, -0.2) is 27.5 Å². The molecule has 1 heterocycles. The number of nitrogens with one attached hydrogen (secondary N) is 2. The molecule has 0 bridgehead atoms. The van der Waals surface area contributed by atoms with E-state index in [1.807, 2.05) is 13.8 Å². The first kappa shape index (κ1) is 20.9. The van der Waals surface area contributed by atoms with Crippen LogP contribution >= 0.6 is 12.4 Å². The van der Waals surface area contributed by atoms with Crippen molar-refractivity contribution in [1.29, 1.82) is 0 Å². The fourth-order valence-corrected chi connectivity index (χ4v) is 2.80. The maximum atomic E-state index is 12.3. The minimum atomic E-state index is -0.512. The van der Waals surface area contributed by atoms with Crippen molar-refractivity contribution in [2.75, 3.05) is 6.54 Å². The molecule has 0 spiro atoms. The van der Waals surface area contributed by atoms with E-state index < -0.39 is 16.8 Å². The number of nitrogens with zero attached hydrogens (tertiary/aromatic N) is 1. The van der Waals surface area contributed by atoms with Gasteiger partial charge in [0.15, 0.2) is 0 Å². The highest BCUT2D eigenvalue weighted by Gasteiger charge is 2.26. The summed E-state index contributed by atoms with van der Waals surface area (Å²) in [6, 6.07) is 6.84. The molecule has 8 heteroatoms. The van der Waals surface area contributed by atoms with E-state index in [4.69, 9.17) is 5.73 Å². The highest BCUT2D eigenvalue weighted by atomic mass is 35.5. The number of hydrogen-bond acceptors (Lipinski definition) is 4. The fraction of sp³-hybridized carbons (Fsp3) is 0.471. The third-order valence-electron chi connectivity index (χ3n) is 4.62. The molecule has 0 fully saturated rings. The maximum absolute atomic E-state index is 12.3. The highest BCUT2D eigenvalue weighted by Crippen LogP contribution is 2.13. The van der Waals surface area contributed by atoms with Gasteiger partial charge in [-0.2, -0.15) is 0 Å². The van der Waals surface area contributed by atoms with Crippen molar-refractivity contribution >= 4 is 29.2 Å². The fourth-order valence-electron chi connectivity index (χ4n) is 2.80. The average Bonchev–Trinajstić information content (AvgIpc) is 2.59. The lowest BCUT2D eigenvalue weighted by Gasteiger charge is -2.31. The summed E-state index contributed by atoms with van der Waals surface area (Å²) < 4.78 is 1.42. The minimum absolute atomic E-state index is 0. The lowest BCUT2D eigenvalue weighted by Crippen LogP contribution is -2.53. The Morgan fingerprint density at radius 1 is 1.24 bits per heavy atom. The summed E-state index contributed by atoms with van der Waals surface area (Å²) in [6.45, 7) is 4.52. The Labute approximate surface area is 152 Å². The van der Waals surface area contributed by atoms with Gasteiger partial charge in [0.05, 0.1) is 16.4 Å². The summed E-state index contributed by atoms with van der Waals surface area (Å²) in [5.74, 6) is -0.161. The van der Waals surface area contributed by atoms with Crippen molar-refractivity contribution in [3.05, 3.63) is 45.1 Å². The van der Waals surface area contributed by atoms with Crippen molar-refractivity contribution < 1.29 is 4.79 Å². The molecule has 0 radical (unpaired) electrons. The van der Waals surface area contributed by atoms with Crippen LogP contribution in [0.25, 0.3) is 10.9 Å². The first-order valence-corrected chi connectivity index (χ1v) is 8.19. The third-order valence-corrected chi connectivity index (χ3v) is 4.62. The molecule has 138 valence electrons. The molecule has 2 rings (SSSR count). The van der Waals surface area contributed by atoms with Crippen molar-refractivity contribution in [1.82, 2.24) is 14.9 Å². The van der Waals surface area contributed by atoms with E-state index in [2.05, 4.69) is 10.3 Å². The molecule has 0 aliphatic rings. The molecule has 0 unspecified atom stereocenters. The number of H-pyrrole nitrogens is 1. The first-order valence-electron chi connectivity index (χ1n) is 8.19. The van der Waals surface area contributed by atoms with Crippen LogP contribution in [0.15, 0.2) is 33.9 Å². The Balaban J connectivity index is 0.00000312. The molecular weight excluding hydrogens is 344 g/mol. The zero-order chi connectivity index (χ0) is 17.7. The third kappa shape index (κ3) is 4.49. The lowest BCUT2D eigenvalue weighted by molar-refractivity contribution is -0.123. The molecule has 0 saturated heterocycles. The number of rotatable bonds is 7. The van der Waals surface area contributed by atoms with Gasteiger partial charge in [-0.05, 0) is 25.0 Å². The highest BCUT2D eigenvalue weighted by molar-refractivity contribution is 5.85. The van der Waals surface area contributed by atoms with E-state index in [0.29, 0.717) is 17.4 Å². The van der Waals surface area contributed by atoms with Gasteiger partial charge in [-0.3, -0.25) is 19.1 Å². The van der Waals surface area contributed by atoms with E-state index in [9.17, 15) is 14.4 Å². The normalized spacial score (nSPS) is 11.2. The Hall–Kier alpha value is -2.12. The number of para-hydroxylation sites is 1. The largest absolute Gasteiger partial charge is 0.349 e. The van der Waals surface area contributed by atoms with Gasteiger partial charge >= 0.3 is 5.69 Å². The van der Waals surface area contributed by atoms with Crippen molar-refractivity contribution in [3.63, 3.8) is 0 Å². The standard InChI is InChI=1S/C17H24N4O3.ClH/c1-3-17(4-2,11-18)20-14(22)9-10-21-13-8-6-5-7-12(13)15(23)19-16(21)24;/h5-8H,3-4,9-11,18H2,1-2H3,(H,20,22)(H,19,23,24);1H. The van der Waals surface area contributed by atoms with Crippen molar-refractivity contribution in [2.45, 2.75) is 45.2 Å². The van der Waals surface area contributed by atoms with Gasteiger partial charge in [-0.1, -0.05) is 26.0 Å². The quantitative estimate of drug-likeness (QED) is 0.680. The number of aromatic nitrogens is 2. The van der Waals surface area contributed by atoms with E-state index in [-0.39, 0.29) is 31.3 Å². The number of benzene rings is 1. The minimum Gasteiger partial charge on any atom is -0.349 e. The SMILES string of the molecule is CCC(CC)(CN)NC(=O)CCn1c(=O)[nH]c(=O)c2ccccc21.Cl. The zero-order valence-electron chi connectivity index (χ0n) is 14.5. The number of halogens is 1. The number of amides is 1. The molecule has 4 N–H and O–H groups in total. The Morgan fingerprint density at radius 3 is 2.48 bits per heavy atom. The smallest absolute Gasteiger partial charge is 0.328 e. The summed E-state index contributed by atoms with van der Waals surface area (Å²) >= 11 is 0. The van der Waals surface area contributed by atoms with E-state index >= 15 is 0 Å². The van der Waals surface area contributed by atoms with Gasteiger partial charge in [0, 0.05) is 19.5 Å². The second-order valence-electron chi connectivity index (χ2n) is 5.92. The molecule has 0 aliphatic heterocycles. The second kappa shape index (κ2) is 8.82. The van der Waals surface area contributed by atoms with Crippen LogP contribution in [0.5, 0.6) is 0 Å². The van der Waals surface area contributed by atoms with E-state index in [1.165, 1.54) is 4.57 Å². The zero-order valence-corrected chi connectivity index (χ0v) is 15.3. The van der Waals surface area contributed by atoms with Crippen LogP contribution in [0.2, 0.25) is 0 Å². The molecule has 0 aliphatic carbocycles. The van der Waals surface area contributed by atoms with Gasteiger partial charge in [0.1, 0.15) is 0 Å². The molecule has 1 aromatic carbocycles. The van der Waals surface area contributed by atoms with Crippen LogP contribution in [0.3, 0.4) is 0 Å². The number of carbonyl (C=O) groups excluding carboxylic acids is 1. The van der Waals surface area contributed by atoms with Crippen LogP contribution in [-0.2, 0) is 11.3 Å². The first-order chi connectivity index (χ1) is 11.5. The van der Waals surface area contributed by atoms with Crippen LogP contribution in [0.1, 0.15) is 33.1 Å². The summed E-state index contributed by atoms with van der Waals surface area (Å²) in [5, 5.41) is 3.40. The van der Waals surface area contributed by atoms with Crippen LogP contribution in [0, 0.1) is 0 Å². The Morgan fingerprint density at radius 2 is 1.88 bits per heavy atom. The van der Waals surface area contributed by atoms with Gasteiger partial charge in [-0.25, -0.2) is 4.79 Å². The van der Waals surface area contributed by atoms with Gasteiger partial charge < -0.3 is 11.1 Å². The van der Waals surface area contributed by atoms with Crippen LogP contribution < -0.4 is 22.3 Å². The summed E-state index contributed by atoms with van der Waals surface area (Å²) in [6.07, 6.45) is 1.62. The number of carbonyl (C=O) groups is 1. The molecule has 2 aromatic rings. The van der Waals surface area contributed by atoms with Gasteiger partial charge in [-0.15, -0.1) is 12.4 Å². The number of fused-ring (bicyclic) bond motifs is 1. The van der Waals surface area contributed by atoms with E-state index in [1.54, 1.807) is 24.3 Å². The molecule has 1 amide bonds. The second-order valence-corrected chi connectivity index (χ2v) is 5.92. The lowest BCUT2D eigenvalue weighted by atomic mass is 9.93. The van der Waals surface area contributed by atoms with Crippen LogP contribution in [0.4, 0.5) is 0 Å². The predicted molar refractivity (Wildman–Crippen MR) is 101 cm³/mol. The number of aromatic amines is 1. The van der Waals surface area contributed by atoms with Gasteiger partial charge in [0.2, 0.25) is 5.91 Å². The van der Waals surface area contributed by atoms with Crippen molar-refractivity contribution in [2.24, 2.45) is 5.73 Å². The Bertz CT molecular complexity index is 831. The molecule has 0 saturated carbocycles. The number of hydrogen-bond donors (Lipinski definition) is 3. The summed E-state index contributed by atoms with van der Waals surface area (Å²) in [5.41, 5.74) is 4.97. The predicted octanol–water partition coefficient (Wildman–Crippen LogP) is 1.14. The summed E-state index contributed by atoms with van der Waals surface area (Å²) in [7, 11) is 0. The van der Waals surface area contributed by atoms with Gasteiger partial charge in [0.25, 0.3) is 5.56 Å². The van der Waals surface area contributed by atoms with E-state index in [0.717, 1.165) is 12.8 Å². The topological polar surface area (TPSA) is 110 Å². The molecule has 25 heavy (non-hydrogen) atoms. The summed E-state index contributed by atoms with van der Waals surface area (Å²) in [4.78, 5) is 38.5. The number of nitrogens with two attached hydrogens (primary N) is 1. The molecular formula is C17H25ClN4O3. The average molecular weight is 369 g/mol. The Kier molecular flexibility index (Phi) is 7.38. The monoisotopic (exact) mass is 368 g/mol. The molecule has 7 nitrogen and oxygen atoms in total. The number of aryl methyl sites for hydroxylation is 1.